The van der Waals surface area contributed by atoms with Crippen LogP contribution in [0.25, 0.3) is 6.08 Å². The van der Waals surface area contributed by atoms with Crippen LogP contribution in [0, 0.1) is 0 Å². The number of rotatable bonds is 5. The van der Waals surface area contributed by atoms with E-state index in [-0.39, 0.29) is 5.41 Å². The van der Waals surface area contributed by atoms with Gasteiger partial charge in [0.25, 0.3) is 0 Å². The maximum Gasteiger partial charge on any atom is 0.126 e. The molecular formula is C15H22O2. The summed E-state index contributed by atoms with van der Waals surface area (Å²) in [5.74, 6) is 0.866. The summed E-state index contributed by atoms with van der Waals surface area (Å²) >= 11 is 0. The molecule has 0 bridgehead atoms. The second-order valence-corrected chi connectivity index (χ2v) is 5.05. The summed E-state index contributed by atoms with van der Waals surface area (Å²) in [4.78, 5) is 0. The molecule has 0 atom stereocenters. The molecule has 2 heteroatoms. The van der Waals surface area contributed by atoms with E-state index in [9.17, 15) is 0 Å². The zero-order valence-electron chi connectivity index (χ0n) is 11.2. The van der Waals surface area contributed by atoms with E-state index in [0.29, 0.717) is 13.2 Å². The van der Waals surface area contributed by atoms with Crippen molar-refractivity contribution in [2.24, 2.45) is 0 Å². The molecule has 17 heavy (non-hydrogen) atoms. The third kappa shape index (κ3) is 3.90. The molecule has 0 amide bonds. The number of hydrogen-bond acceptors (Lipinski definition) is 2. The molecule has 0 fully saturated rings. The van der Waals surface area contributed by atoms with E-state index in [4.69, 9.17) is 9.47 Å². The normalized spacial score (nSPS) is 11.3. The number of hydrogen-bond donors (Lipinski definition) is 0. The lowest BCUT2D eigenvalue weighted by atomic mass is 9.86. The number of ether oxygens (including phenoxy) is 2. The first-order chi connectivity index (χ1) is 7.99. The standard InChI is InChI=1S/C15H22O2/c1-6-12-11-13(15(2,3)4)7-8-14(12)17-10-9-16-5/h6-8,11H,1,9-10H2,2-5H3. The lowest BCUT2D eigenvalue weighted by Crippen LogP contribution is -2.12. The molecule has 1 aromatic rings. The Morgan fingerprint density at radius 2 is 1.94 bits per heavy atom. The molecule has 1 rings (SSSR count). The average molecular weight is 234 g/mol. The van der Waals surface area contributed by atoms with Crippen LogP contribution in [-0.4, -0.2) is 20.3 Å². The van der Waals surface area contributed by atoms with Gasteiger partial charge in [0.1, 0.15) is 12.4 Å². The summed E-state index contributed by atoms with van der Waals surface area (Å²) in [5, 5.41) is 0. The Bertz CT molecular complexity index is 375. The molecule has 0 aromatic heterocycles. The van der Waals surface area contributed by atoms with Crippen LogP contribution in [0.15, 0.2) is 24.8 Å². The van der Waals surface area contributed by atoms with Gasteiger partial charge in [-0.3, -0.25) is 0 Å². The Balaban J connectivity index is 2.90. The van der Waals surface area contributed by atoms with Gasteiger partial charge in [-0.15, -0.1) is 0 Å². The van der Waals surface area contributed by atoms with E-state index >= 15 is 0 Å². The molecule has 0 radical (unpaired) electrons. The predicted octanol–water partition coefficient (Wildman–Crippen LogP) is 3.65. The van der Waals surface area contributed by atoms with E-state index in [1.807, 2.05) is 12.1 Å². The first-order valence-electron chi connectivity index (χ1n) is 5.87. The molecule has 94 valence electrons. The summed E-state index contributed by atoms with van der Waals surface area (Å²) in [7, 11) is 1.67. The van der Waals surface area contributed by atoms with Crippen molar-refractivity contribution >= 4 is 6.08 Å². The molecule has 0 unspecified atom stereocenters. The van der Waals surface area contributed by atoms with Crippen LogP contribution >= 0.6 is 0 Å². The minimum absolute atomic E-state index is 0.142. The van der Waals surface area contributed by atoms with Crippen LogP contribution < -0.4 is 4.74 Å². The van der Waals surface area contributed by atoms with Gasteiger partial charge >= 0.3 is 0 Å². The first kappa shape index (κ1) is 13.8. The topological polar surface area (TPSA) is 18.5 Å². The molecule has 0 aliphatic rings. The Labute approximate surface area is 104 Å². The molecule has 0 spiro atoms. The molecule has 0 aliphatic carbocycles. The highest BCUT2D eigenvalue weighted by molar-refractivity contribution is 5.57. The van der Waals surface area contributed by atoms with Gasteiger partial charge in [-0.05, 0) is 23.1 Å². The van der Waals surface area contributed by atoms with Crippen molar-refractivity contribution in [2.45, 2.75) is 26.2 Å². The number of benzene rings is 1. The molecule has 0 saturated heterocycles. The fourth-order valence-corrected chi connectivity index (χ4v) is 1.54. The predicted molar refractivity (Wildman–Crippen MR) is 72.6 cm³/mol. The SMILES string of the molecule is C=Cc1cc(C(C)(C)C)ccc1OCCOC. The molecule has 0 N–H and O–H groups in total. The number of methoxy groups -OCH3 is 1. The van der Waals surface area contributed by atoms with Crippen molar-refractivity contribution in [3.05, 3.63) is 35.9 Å². The summed E-state index contributed by atoms with van der Waals surface area (Å²) < 4.78 is 10.6. The Morgan fingerprint density at radius 3 is 2.47 bits per heavy atom. The van der Waals surface area contributed by atoms with Crippen LogP contribution in [-0.2, 0) is 10.2 Å². The lowest BCUT2D eigenvalue weighted by Gasteiger charge is -2.20. The Kier molecular flexibility index (Phi) is 4.76. The zero-order valence-corrected chi connectivity index (χ0v) is 11.2. The largest absolute Gasteiger partial charge is 0.491 e. The highest BCUT2D eigenvalue weighted by atomic mass is 16.5. The third-order valence-corrected chi connectivity index (χ3v) is 2.64. The quantitative estimate of drug-likeness (QED) is 0.724. The molecule has 0 saturated carbocycles. The summed E-state index contributed by atoms with van der Waals surface area (Å²) in [5.41, 5.74) is 2.46. The second-order valence-electron chi connectivity index (χ2n) is 5.05. The fraction of sp³-hybridized carbons (Fsp3) is 0.467. The van der Waals surface area contributed by atoms with Crippen LogP contribution in [0.1, 0.15) is 31.9 Å². The molecular weight excluding hydrogens is 212 g/mol. The van der Waals surface area contributed by atoms with Gasteiger partial charge in [-0.1, -0.05) is 39.5 Å². The monoisotopic (exact) mass is 234 g/mol. The smallest absolute Gasteiger partial charge is 0.126 e. The molecule has 2 nitrogen and oxygen atoms in total. The highest BCUT2D eigenvalue weighted by Gasteiger charge is 2.15. The maximum atomic E-state index is 5.64. The van der Waals surface area contributed by atoms with Crippen LogP contribution in [0.5, 0.6) is 5.75 Å². The average Bonchev–Trinajstić information content (AvgIpc) is 2.28. The van der Waals surface area contributed by atoms with E-state index in [1.54, 1.807) is 7.11 Å². The van der Waals surface area contributed by atoms with Crippen molar-refractivity contribution in [1.29, 1.82) is 0 Å². The van der Waals surface area contributed by atoms with Crippen molar-refractivity contribution in [2.75, 3.05) is 20.3 Å². The minimum atomic E-state index is 0.142. The lowest BCUT2D eigenvalue weighted by molar-refractivity contribution is 0.146. The fourth-order valence-electron chi connectivity index (χ4n) is 1.54. The van der Waals surface area contributed by atoms with Gasteiger partial charge in [0.2, 0.25) is 0 Å². The minimum Gasteiger partial charge on any atom is -0.491 e. The molecule has 1 aromatic carbocycles. The molecule has 0 aliphatic heterocycles. The van der Waals surface area contributed by atoms with Crippen molar-refractivity contribution < 1.29 is 9.47 Å². The van der Waals surface area contributed by atoms with Crippen LogP contribution in [0.2, 0.25) is 0 Å². The summed E-state index contributed by atoms with van der Waals surface area (Å²) in [6.45, 7) is 11.6. The van der Waals surface area contributed by atoms with Crippen LogP contribution in [0.4, 0.5) is 0 Å². The summed E-state index contributed by atoms with van der Waals surface area (Å²) in [6.07, 6.45) is 1.83. The van der Waals surface area contributed by atoms with Crippen molar-refractivity contribution in [3.8, 4) is 5.75 Å². The Hall–Kier alpha value is -1.28. The Morgan fingerprint density at radius 1 is 1.24 bits per heavy atom. The zero-order chi connectivity index (χ0) is 12.9. The van der Waals surface area contributed by atoms with Crippen LogP contribution in [0.3, 0.4) is 0 Å². The van der Waals surface area contributed by atoms with Gasteiger partial charge in [-0.2, -0.15) is 0 Å². The van der Waals surface area contributed by atoms with Gasteiger partial charge < -0.3 is 9.47 Å². The first-order valence-corrected chi connectivity index (χ1v) is 5.87. The van der Waals surface area contributed by atoms with Gasteiger partial charge in [0.15, 0.2) is 0 Å². The van der Waals surface area contributed by atoms with Gasteiger partial charge in [0, 0.05) is 12.7 Å². The van der Waals surface area contributed by atoms with E-state index in [0.717, 1.165) is 11.3 Å². The second kappa shape index (κ2) is 5.87. The van der Waals surface area contributed by atoms with E-state index in [2.05, 4.69) is 39.5 Å². The molecule has 0 heterocycles. The van der Waals surface area contributed by atoms with Gasteiger partial charge in [-0.25, -0.2) is 0 Å². The van der Waals surface area contributed by atoms with E-state index in [1.165, 1.54) is 5.56 Å². The van der Waals surface area contributed by atoms with Crippen molar-refractivity contribution in [1.82, 2.24) is 0 Å². The highest BCUT2D eigenvalue weighted by Crippen LogP contribution is 2.28. The van der Waals surface area contributed by atoms with Gasteiger partial charge in [0.05, 0.1) is 6.61 Å². The third-order valence-electron chi connectivity index (χ3n) is 2.64. The van der Waals surface area contributed by atoms with E-state index < -0.39 is 0 Å². The summed E-state index contributed by atoms with van der Waals surface area (Å²) in [6, 6.07) is 6.25. The maximum absolute atomic E-state index is 5.64. The van der Waals surface area contributed by atoms with Crippen molar-refractivity contribution in [3.63, 3.8) is 0 Å².